The molecule has 2 aliphatic rings. The molecule has 0 aromatic carbocycles. The minimum absolute atomic E-state index is 0.0974. The summed E-state index contributed by atoms with van der Waals surface area (Å²) in [4.78, 5) is 27.5. The second kappa shape index (κ2) is 5.53. The Kier molecular flexibility index (Phi) is 3.53. The van der Waals surface area contributed by atoms with E-state index in [1.54, 1.807) is 13.8 Å². The number of fused-ring (bicyclic) bond motifs is 1. The fourth-order valence-electron chi connectivity index (χ4n) is 2.51. The Morgan fingerprint density at radius 1 is 1.17 bits per heavy atom. The zero-order chi connectivity index (χ0) is 16.6. The average molecular weight is 308 g/mol. The van der Waals surface area contributed by atoms with Gasteiger partial charge < -0.3 is 16.5 Å². The Morgan fingerprint density at radius 2 is 1.91 bits per heavy atom. The van der Waals surface area contributed by atoms with Crippen molar-refractivity contribution < 1.29 is 0 Å². The summed E-state index contributed by atoms with van der Waals surface area (Å²) in [6.07, 6.45) is 0. The lowest BCUT2D eigenvalue weighted by Crippen LogP contribution is -2.11. The van der Waals surface area contributed by atoms with E-state index in [1.165, 1.54) is 0 Å². The first-order valence-electron chi connectivity index (χ1n) is 7.03. The van der Waals surface area contributed by atoms with Crippen LogP contribution >= 0.6 is 0 Å². The normalized spacial score (nSPS) is 11.8. The largest absolute Gasteiger partial charge is 0.382 e. The molecule has 7 nitrogen and oxygen atoms in total. The van der Waals surface area contributed by atoms with E-state index in [0.717, 1.165) is 11.3 Å². The molecule has 0 spiro atoms. The van der Waals surface area contributed by atoms with Crippen LogP contribution in [-0.2, 0) is 0 Å². The van der Waals surface area contributed by atoms with Gasteiger partial charge in [0.25, 0.3) is 5.56 Å². The summed E-state index contributed by atoms with van der Waals surface area (Å²) in [7, 11) is 0. The third kappa shape index (κ3) is 2.64. The summed E-state index contributed by atoms with van der Waals surface area (Å²) in [6, 6.07) is 9.35. The number of nitrogen functional groups attached to an aromatic ring is 2. The van der Waals surface area contributed by atoms with Crippen molar-refractivity contribution in [3.05, 3.63) is 51.9 Å². The Labute approximate surface area is 132 Å². The van der Waals surface area contributed by atoms with E-state index >= 15 is 0 Å². The molecule has 0 unspecified atom stereocenters. The predicted molar refractivity (Wildman–Crippen MR) is 91.1 cm³/mol. The van der Waals surface area contributed by atoms with Crippen molar-refractivity contribution in [3.8, 4) is 11.3 Å². The highest BCUT2D eigenvalue weighted by molar-refractivity contribution is 6.06. The maximum Gasteiger partial charge on any atom is 0.258 e. The SMILES string of the molecule is C/C(=N\c1c(C)nc(N)nc1N)c1c2cccccc-2[nH]c1=O. The molecular formula is C16H16N6O. The van der Waals surface area contributed by atoms with Crippen LogP contribution < -0.4 is 17.0 Å². The van der Waals surface area contributed by atoms with E-state index < -0.39 is 0 Å². The summed E-state index contributed by atoms with van der Waals surface area (Å²) in [5, 5.41) is 0. The first-order valence-corrected chi connectivity index (χ1v) is 7.03. The number of nitrogens with one attached hydrogen (secondary N) is 1. The van der Waals surface area contributed by atoms with Crippen LogP contribution in [0.3, 0.4) is 0 Å². The van der Waals surface area contributed by atoms with Gasteiger partial charge in [0.2, 0.25) is 5.95 Å². The predicted octanol–water partition coefficient (Wildman–Crippen LogP) is 1.88. The molecule has 0 bridgehead atoms. The van der Waals surface area contributed by atoms with E-state index in [0.29, 0.717) is 22.7 Å². The van der Waals surface area contributed by atoms with E-state index in [9.17, 15) is 4.79 Å². The van der Waals surface area contributed by atoms with Gasteiger partial charge in [-0.1, -0.05) is 24.3 Å². The summed E-state index contributed by atoms with van der Waals surface area (Å²) < 4.78 is 0. The highest BCUT2D eigenvalue weighted by Crippen LogP contribution is 2.27. The zero-order valence-electron chi connectivity index (χ0n) is 12.8. The monoisotopic (exact) mass is 308 g/mol. The second-order valence-corrected chi connectivity index (χ2v) is 5.17. The maximum atomic E-state index is 12.3. The number of hydrogen-bond acceptors (Lipinski definition) is 6. The minimum atomic E-state index is -0.194. The Balaban J connectivity index is 2.18. The number of nitrogens with two attached hydrogens (primary N) is 2. The number of aromatic amines is 1. The number of H-pyrrole nitrogens is 1. The molecule has 2 heterocycles. The Morgan fingerprint density at radius 3 is 2.65 bits per heavy atom. The van der Waals surface area contributed by atoms with Gasteiger partial charge in [-0.05, 0) is 19.9 Å². The third-order valence-electron chi connectivity index (χ3n) is 3.53. The van der Waals surface area contributed by atoms with Crippen LogP contribution in [0.2, 0.25) is 0 Å². The molecule has 1 aliphatic carbocycles. The number of nitrogens with zero attached hydrogens (tertiary/aromatic N) is 3. The first-order chi connectivity index (χ1) is 11.0. The molecule has 1 aromatic rings. The van der Waals surface area contributed by atoms with Gasteiger partial charge in [0.15, 0.2) is 5.82 Å². The van der Waals surface area contributed by atoms with Crippen LogP contribution in [0.15, 0.2) is 40.1 Å². The lowest BCUT2D eigenvalue weighted by atomic mass is 10.1. The fourth-order valence-corrected chi connectivity index (χ4v) is 2.51. The summed E-state index contributed by atoms with van der Waals surface area (Å²) in [6.45, 7) is 3.50. The van der Waals surface area contributed by atoms with Crippen molar-refractivity contribution in [1.82, 2.24) is 15.0 Å². The molecule has 0 saturated heterocycles. The molecule has 1 aliphatic heterocycles. The molecule has 0 radical (unpaired) electrons. The van der Waals surface area contributed by atoms with E-state index in [2.05, 4.69) is 19.9 Å². The van der Waals surface area contributed by atoms with E-state index in [4.69, 9.17) is 11.5 Å². The summed E-state index contributed by atoms with van der Waals surface area (Å²) >= 11 is 0. The molecular weight excluding hydrogens is 292 g/mol. The number of hydrogen-bond donors (Lipinski definition) is 3. The van der Waals surface area contributed by atoms with Gasteiger partial charge in [-0.3, -0.25) is 4.79 Å². The van der Waals surface area contributed by atoms with E-state index in [1.807, 2.05) is 30.3 Å². The van der Waals surface area contributed by atoms with Crippen LogP contribution in [0.5, 0.6) is 0 Å². The quantitative estimate of drug-likeness (QED) is 0.624. The molecule has 116 valence electrons. The summed E-state index contributed by atoms with van der Waals surface area (Å²) in [5.74, 6) is 0.285. The van der Waals surface area contributed by atoms with Crippen LogP contribution in [-0.4, -0.2) is 20.7 Å². The zero-order valence-corrected chi connectivity index (χ0v) is 12.8. The van der Waals surface area contributed by atoms with Crippen molar-refractivity contribution in [2.75, 3.05) is 11.5 Å². The molecule has 0 atom stereocenters. The van der Waals surface area contributed by atoms with Crippen LogP contribution in [0.4, 0.5) is 17.5 Å². The van der Waals surface area contributed by atoms with Crippen LogP contribution in [0, 0.1) is 6.92 Å². The summed E-state index contributed by atoms with van der Waals surface area (Å²) in [5.41, 5.74) is 14.8. The lowest BCUT2D eigenvalue weighted by Gasteiger charge is -2.06. The fraction of sp³-hybridized carbons (Fsp3) is 0.125. The maximum absolute atomic E-state index is 12.3. The van der Waals surface area contributed by atoms with Gasteiger partial charge in [0.1, 0.15) is 5.69 Å². The van der Waals surface area contributed by atoms with Gasteiger partial charge >= 0.3 is 0 Å². The smallest absolute Gasteiger partial charge is 0.258 e. The molecule has 0 saturated carbocycles. The second-order valence-electron chi connectivity index (χ2n) is 5.17. The van der Waals surface area contributed by atoms with Crippen molar-refractivity contribution in [2.45, 2.75) is 13.8 Å². The standard InChI is InChI=1S/C16H16N6O/c1-8(19-13-9(2)20-16(18)22-14(13)17)12-10-6-4-3-5-7-11(10)21-15(12)23/h3-7H,1-2H3,(H,21,23)(H4,17,18,20,22)/b19-8+. The first kappa shape index (κ1) is 14.7. The minimum Gasteiger partial charge on any atom is -0.382 e. The van der Waals surface area contributed by atoms with E-state index in [-0.39, 0.29) is 17.3 Å². The Bertz CT molecular complexity index is 920. The van der Waals surface area contributed by atoms with Gasteiger partial charge in [0, 0.05) is 11.3 Å². The van der Waals surface area contributed by atoms with Gasteiger partial charge in [-0.25, -0.2) is 9.98 Å². The molecule has 7 heteroatoms. The highest BCUT2D eigenvalue weighted by atomic mass is 16.1. The lowest BCUT2D eigenvalue weighted by molar-refractivity contribution is 1.12. The Hall–Kier alpha value is -3.22. The van der Waals surface area contributed by atoms with Crippen LogP contribution in [0.1, 0.15) is 18.2 Å². The van der Waals surface area contributed by atoms with Gasteiger partial charge in [0.05, 0.1) is 17.0 Å². The van der Waals surface area contributed by atoms with Crippen LogP contribution in [0.25, 0.3) is 11.3 Å². The molecule has 23 heavy (non-hydrogen) atoms. The number of aliphatic imine (C=N–C) groups is 1. The van der Waals surface area contributed by atoms with Crippen molar-refractivity contribution in [2.24, 2.45) is 4.99 Å². The molecule has 3 rings (SSSR count). The third-order valence-corrected chi connectivity index (χ3v) is 3.53. The molecule has 5 N–H and O–H groups in total. The average Bonchev–Trinajstić information content (AvgIpc) is 2.64. The van der Waals surface area contributed by atoms with Crippen molar-refractivity contribution >= 4 is 23.2 Å². The van der Waals surface area contributed by atoms with Gasteiger partial charge in [-0.15, -0.1) is 0 Å². The number of aromatic nitrogens is 3. The van der Waals surface area contributed by atoms with Crippen molar-refractivity contribution in [1.29, 1.82) is 0 Å². The van der Waals surface area contributed by atoms with Crippen molar-refractivity contribution in [3.63, 3.8) is 0 Å². The number of anilines is 2. The number of aryl methyl sites for hydroxylation is 1. The van der Waals surface area contributed by atoms with Gasteiger partial charge in [-0.2, -0.15) is 4.98 Å². The topological polar surface area (TPSA) is 123 Å². The number of rotatable bonds is 2. The highest BCUT2D eigenvalue weighted by Gasteiger charge is 2.17. The molecule has 0 fully saturated rings. The molecule has 1 aromatic heterocycles. The molecule has 0 amide bonds.